The Morgan fingerprint density at radius 1 is 1.40 bits per heavy atom. The van der Waals surface area contributed by atoms with Crippen molar-refractivity contribution in [3.05, 3.63) is 23.8 Å². The monoisotopic (exact) mass is 281 g/mol. The summed E-state index contributed by atoms with van der Waals surface area (Å²) in [5.41, 5.74) is 6.54. The van der Waals surface area contributed by atoms with Gasteiger partial charge < -0.3 is 19.9 Å². The van der Waals surface area contributed by atoms with Crippen LogP contribution in [0, 0.1) is 0 Å². The third-order valence-electron chi connectivity index (χ3n) is 2.76. The van der Waals surface area contributed by atoms with Crippen LogP contribution in [0.1, 0.15) is 25.8 Å². The van der Waals surface area contributed by atoms with Crippen LogP contribution in [0.15, 0.2) is 18.2 Å². The lowest BCUT2D eigenvalue weighted by Gasteiger charge is -2.17. The van der Waals surface area contributed by atoms with Gasteiger partial charge in [-0.25, -0.2) is 4.79 Å². The number of carbonyl (C=O) groups excluding carboxylic acids is 1. The number of rotatable bonds is 8. The van der Waals surface area contributed by atoms with Crippen LogP contribution in [-0.2, 0) is 16.0 Å². The minimum absolute atomic E-state index is 0.413. The summed E-state index contributed by atoms with van der Waals surface area (Å²) in [6.45, 7) is 4.84. The van der Waals surface area contributed by atoms with Crippen LogP contribution in [0.4, 0.5) is 0 Å². The van der Waals surface area contributed by atoms with E-state index in [4.69, 9.17) is 15.2 Å². The van der Waals surface area contributed by atoms with Crippen molar-refractivity contribution >= 4 is 5.97 Å². The van der Waals surface area contributed by atoms with Crippen LogP contribution in [0.2, 0.25) is 0 Å². The molecule has 0 aliphatic heterocycles. The highest BCUT2D eigenvalue weighted by Crippen LogP contribution is 2.26. The summed E-state index contributed by atoms with van der Waals surface area (Å²) >= 11 is 0. The molecule has 5 heteroatoms. The van der Waals surface area contributed by atoms with Crippen LogP contribution in [0.5, 0.6) is 11.5 Å². The highest BCUT2D eigenvalue weighted by Gasteiger charge is 2.17. The SMILES string of the molecule is CCCOc1ccc(CCN)c(OC(C)C(=O)OC)c1. The molecule has 0 aromatic heterocycles. The predicted octanol–water partition coefficient (Wildman–Crippen LogP) is 1.92. The van der Waals surface area contributed by atoms with E-state index in [1.54, 1.807) is 13.0 Å². The summed E-state index contributed by atoms with van der Waals surface area (Å²) in [4.78, 5) is 11.4. The number of carbonyl (C=O) groups is 1. The Kier molecular flexibility index (Phi) is 6.87. The highest BCUT2D eigenvalue weighted by atomic mass is 16.6. The van der Waals surface area contributed by atoms with Gasteiger partial charge in [0.05, 0.1) is 13.7 Å². The van der Waals surface area contributed by atoms with Gasteiger partial charge in [-0.05, 0) is 37.9 Å². The summed E-state index contributed by atoms with van der Waals surface area (Å²) in [7, 11) is 1.34. The van der Waals surface area contributed by atoms with E-state index in [0.29, 0.717) is 25.3 Å². The molecule has 20 heavy (non-hydrogen) atoms. The first kappa shape index (κ1) is 16.3. The Morgan fingerprint density at radius 3 is 2.75 bits per heavy atom. The van der Waals surface area contributed by atoms with Crippen LogP contribution in [0.3, 0.4) is 0 Å². The van der Waals surface area contributed by atoms with Gasteiger partial charge in [-0.1, -0.05) is 13.0 Å². The lowest BCUT2D eigenvalue weighted by Crippen LogP contribution is -2.25. The van der Waals surface area contributed by atoms with Crippen molar-refractivity contribution in [2.75, 3.05) is 20.3 Å². The number of esters is 1. The zero-order valence-electron chi connectivity index (χ0n) is 12.3. The van der Waals surface area contributed by atoms with Gasteiger partial charge in [0.15, 0.2) is 6.10 Å². The zero-order valence-corrected chi connectivity index (χ0v) is 12.3. The first-order chi connectivity index (χ1) is 9.62. The van der Waals surface area contributed by atoms with E-state index in [-0.39, 0.29) is 0 Å². The fourth-order valence-corrected chi connectivity index (χ4v) is 1.72. The molecule has 0 heterocycles. The Hall–Kier alpha value is -1.75. The molecule has 1 unspecified atom stereocenters. The molecule has 0 bridgehead atoms. The Morgan fingerprint density at radius 2 is 2.15 bits per heavy atom. The van der Waals surface area contributed by atoms with Crippen molar-refractivity contribution in [2.24, 2.45) is 5.73 Å². The summed E-state index contributed by atoms with van der Waals surface area (Å²) in [6, 6.07) is 5.59. The standard InChI is InChI=1S/C15H23NO4/c1-4-9-19-13-6-5-12(7-8-16)14(10-13)20-11(2)15(17)18-3/h5-6,10-11H,4,7-9,16H2,1-3H3. The smallest absolute Gasteiger partial charge is 0.346 e. The van der Waals surface area contributed by atoms with Gasteiger partial charge >= 0.3 is 5.97 Å². The lowest BCUT2D eigenvalue weighted by molar-refractivity contribution is -0.147. The van der Waals surface area contributed by atoms with Crippen molar-refractivity contribution in [2.45, 2.75) is 32.8 Å². The molecule has 1 atom stereocenters. The molecule has 5 nitrogen and oxygen atoms in total. The van der Waals surface area contributed by atoms with Gasteiger partial charge in [0.1, 0.15) is 11.5 Å². The van der Waals surface area contributed by atoms with Crippen LogP contribution >= 0.6 is 0 Å². The summed E-state index contributed by atoms with van der Waals surface area (Å²) in [5.74, 6) is 0.921. The Bertz CT molecular complexity index is 434. The van der Waals surface area contributed by atoms with Crippen molar-refractivity contribution in [1.29, 1.82) is 0 Å². The lowest BCUT2D eigenvalue weighted by atomic mass is 10.1. The molecule has 0 saturated carbocycles. The van der Waals surface area contributed by atoms with E-state index in [1.165, 1.54) is 7.11 Å². The summed E-state index contributed by atoms with van der Waals surface area (Å²) in [5, 5.41) is 0. The second-order valence-corrected chi connectivity index (χ2v) is 4.44. The minimum Gasteiger partial charge on any atom is -0.493 e. The van der Waals surface area contributed by atoms with E-state index >= 15 is 0 Å². The number of benzene rings is 1. The second kappa shape index (κ2) is 8.43. The maximum Gasteiger partial charge on any atom is 0.346 e. The van der Waals surface area contributed by atoms with Gasteiger partial charge in [0.2, 0.25) is 0 Å². The molecule has 0 aliphatic rings. The van der Waals surface area contributed by atoms with E-state index in [2.05, 4.69) is 4.74 Å². The van der Waals surface area contributed by atoms with E-state index in [9.17, 15) is 4.79 Å². The highest BCUT2D eigenvalue weighted by molar-refractivity contribution is 5.74. The van der Waals surface area contributed by atoms with Gasteiger partial charge in [-0.3, -0.25) is 0 Å². The normalized spacial score (nSPS) is 11.8. The van der Waals surface area contributed by atoms with Crippen LogP contribution < -0.4 is 15.2 Å². The topological polar surface area (TPSA) is 70.8 Å². The van der Waals surface area contributed by atoms with Crippen molar-refractivity contribution < 1.29 is 19.0 Å². The molecule has 0 aliphatic carbocycles. The van der Waals surface area contributed by atoms with E-state index < -0.39 is 12.1 Å². The van der Waals surface area contributed by atoms with Crippen molar-refractivity contribution in [3.63, 3.8) is 0 Å². The molecule has 0 spiro atoms. The molecule has 0 saturated heterocycles. The molecule has 0 amide bonds. The largest absolute Gasteiger partial charge is 0.493 e. The Labute approximate surface area is 120 Å². The molecule has 1 aromatic carbocycles. The number of ether oxygens (including phenoxy) is 3. The molecular formula is C15H23NO4. The number of hydrogen-bond acceptors (Lipinski definition) is 5. The average Bonchev–Trinajstić information content (AvgIpc) is 2.46. The third-order valence-corrected chi connectivity index (χ3v) is 2.76. The maximum absolute atomic E-state index is 11.4. The van der Waals surface area contributed by atoms with Gasteiger partial charge in [0, 0.05) is 6.07 Å². The van der Waals surface area contributed by atoms with Gasteiger partial charge in [-0.15, -0.1) is 0 Å². The second-order valence-electron chi connectivity index (χ2n) is 4.44. The summed E-state index contributed by atoms with van der Waals surface area (Å²) in [6.07, 6.45) is 0.939. The molecule has 0 radical (unpaired) electrons. The average molecular weight is 281 g/mol. The molecule has 0 fully saturated rings. The molecule has 2 N–H and O–H groups in total. The van der Waals surface area contributed by atoms with Gasteiger partial charge in [-0.2, -0.15) is 0 Å². The molecule has 1 aromatic rings. The minimum atomic E-state index is -0.669. The van der Waals surface area contributed by atoms with Gasteiger partial charge in [0.25, 0.3) is 0 Å². The van der Waals surface area contributed by atoms with E-state index in [1.807, 2.05) is 19.1 Å². The molecule has 1 rings (SSSR count). The summed E-state index contributed by atoms with van der Waals surface area (Å²) < 4.78 is 15.9. The number of nitrogens with two attached hydrogens (primary N) is 1. The van der Waals surface area contributed by atoms with E-state index in [0.717, 1.165) is 17.7 Å². The van der Waals surface area contributed by atoms with Crippen LogP contribution in [0.25, 0.3) is 0 Å². The number of hydrogen-bond donors (Lipinski definition) is 1. The van der Waals surface area contributed by atoms with Crippen LogP contribution in [-0.4, -0.2) is 32.3 Å². The molecule has 112 valence electrons. The predicted molar refractivity (Wildman–Crippen MR) is 77.1 cm³/mol. The first-order valence-electron chi connectivity index (χ1n) is 6.82. The fraction of sp³-hybridized carbons (Fsp3) is 0.533. The third kappa shape index (κ3) is 4.74. The first-order valence-corrected chi connectivity index (χ1v) is 6.82. The van der Waals surface area contributed by atoms with Crippen molar-refractivity contribution in [1.82, 2.24) is 0 Å². The Balaban J connectivity index is 2.89. The fourth-order valence-electron chi connectivity index (χ4n) is 1.72. The molecular weight excluding hydrogens is 258 g/mol. The maximum atomic E-state index is 11.4. The quantitative estimate of drug-likeness (QED) is 0.737. The van der Waals surface area contributed by atoms with Crippen molar-refractivity contribution in [3.8, 4) is 11.5 Å². The zero-order chi connectivity index (χ0) is 15.0. The number of methoxy groups -OCH3 is 1.